The second-order valence-corrected chi connectivity index (χ2v) is 7.48. The molecule has 0 aliphatic heterocycles. The average Bonchev–Trinajstić information content (AvgIpc) is 3.09. The minimum atomic E-state index is -0.287. The van der Waals surface area contributed by atoms with E-state index in [0.29, 0.717) is 18.2 Å². The smallest absolute Gasteiger partial charge is 0.316 e. The SMILES string of the molecule is CCOCCOC(=O)CSc1ncnc2scc(-c3ccc(Cl)cc3)c12. The molecule has 0 atom stereocenters. The zero-order valence-electron chi connectivity index (χ0n) is 14.1. The monoisotopic (exact) mass is 408 g/mol. The number of fused-ring (bicyclic) bond motifs is 1. The van der Waals surface area contributed by atoms with Crippen molar-refractivity contribution in [3.05, 3.63) is 41.0 Å². The third-order valence-electron chi connectivity index (χ3n) is 3.51. The van der Waals surface area contributed by atoms with Gasteiger partial charge in [0.15, 0.2) is 0 Å². The number of hydrogen-bond donors (Lipinski definition) is 0. The molecule has 8 heteroatoms. The molecule has 0 saturated carbocycles. The van der Waals surface area contributed by atoms with Gasteiger partial charge in [0, 0.05) is 22.6 Å². The first-order chi connectivity index (χ1) is 12.7. The first-order valence-corrected chi connectivity index (χ1v) is 10.3. The van der Waals surface area contributed by atoms with Gasteiger partial charge in [0.1, 0.15) is 22.8 Å². The van der Waals surface area contributed by atoms with Gasteiger partial charge < -0.3 is 9.47 Å². The Kier molecular flexibility index (Phi) is 6.85. The lowest BCUT2D eigenvalue weighted by Crippen LogP contribution is -2.12. The van der Waals surface area contributed by atoms with Crippen molar-refractivity contribution in [1.82, 2.24) is 9.97 Å². The molecule has 136 valence electrons. The second kappa shape index (κ2) is 9.32. The number of rotatable bonds is 8. The predicted octanol–water partition coefficient (Wildman–Crippen LogP) is 4.68. The van der Waals surface area contributed by atoms with Crippen LogP contribution >= 0.6 is 34.7 Å². The molecule has 2 aromatic heterocycles. The van der Waals surface area contributed by atoms with E-state index in [1.165, 1.54) is 18.1 Å². The number of ether oxygens (including phenoxy) is 2. The zero-order valence-corrected chi connectivity index (χ0v) is 16.5. The number of benzene rings is 1. The first kappa shape index (κ1) is 19.1. The minimum absolute atomic E-state index is 0.189. The zero-order chi connectivity index (χ0) is 18.4. The molecule has 0 N–H and O–H groups in total. The van der Waals surface area contributed by atoms with Crippen molar-refractivity contribution in [2.75, 3.05) is 25.6 Å². The van der Waals surface area contributed by atoms with Gasteiger partial charge in [-0.15, -0.1) is 11.3 Å². The number of nitrogens with zero attached hydrogens (tertiary/aromatic N) is 2. The molecule has 0 spiro atoms. The largest absolute Gasteiger partial charge is 0.463 e. The van der Waals surface area contributed by atoms with E-state index in [4.69, 9.17) is 21.1 Å². The highest BCUT2D eigenvalue weighted by Crippen LogP contribution is 2.38. The summed E-state index contributed by atoms with van der Waals surface area (Å²) in [6, 6.07) is 7.64. The summed E-state index contributed by atoms with van der Waals surface area (Å²) >= 11 is 8.89. The standard InChI is InChI=1S/C18H17ClN2O3S2/c1-2-23-7-8-24-15(22)10-26-18-16-14(9-25-17(16)20-11-21-18)12-3-5-13(19)6-4-12/h3-6,9,11H,2,7-8,10H2,1H3. The normalized spacial score (nSPS) is 11.0. The summed E-state index contributed by atoms with van der Waals surface area (Å²) in [5, 5.41) is 4.45. The molecule has 0 aliphatic rings. The number of carbonyl (C=O) groups excluding carboxylic acids is 1. The number of thiophene rings is 1. The summed E-state index contributed by atoms with van der Waals surface area (Å²) in [6.07, 6.45) is 1.52. The van der Waals surface area contributed by atoms with Crippen LogP contribution in [0.25, 0.3) is 21.3 Å². The van der Waals surface area contributed by atoms with Crippen molar-refractivity contribution in [3.8, 4) is 11.1 Å². The first-order valence-electron chi connectivity index (χ1n) is 8.03. The van der Waals surface area contributed by atoms with Gasteiger partial charge in [-0.1, -0.05) is 35.5 Å². The van der Waals surface area contributed by atoms with Crippen LogP contribution in [-0.2, 0) is 14.3 Å². The fourth-order valence-electron chi connectivity index (χ4n) is 2.33. The molecule has 3 aromatic rings. The molecule has 1 aromatic carbocycles. The van der Waals surface area contributed by atoms with E-state index in [9.17, 15) is 4.79 Å². The molecule has 0 radical (unpaired) electrons. The maximum Gasteiger partial charge on any atom is 0.316 e. The number of carbonyl (C=O) groups is 1. The van der Waals surface area contributed by atoms with Gasteiger partial charge in [0.25, 0.3) is 0 Å². The summed E-state index contributed by atoms with van der Waals surface area (Å²) < 4.78 is 10.3. The second-order valence-electron chi connectivity index (χ2n) is 5.22. The number of esters is 1. The summed E-state index contributed by atoms with van der Waals surface area (Å²) in [6.45, 7) is 3.19. The molecule has 0 amide bonds. The van der Waals surface area contributed by atoms with Crippen LogP contribution in [0.2, 0.25) is 5.02 Å². The third-order valence-corrected chi connectivity index (χ3v) is 5.61. The maximum atomic E-state index is 11.9. The number of aromatic nitrogens is 2. The van der Waals surface area contributed by atoms with E-state index in [2.05, 4.69) is 9.97 Å². The van der Waals surface area contributed by atoms with Crippen LogP contribution in [0, 0.1) is 0 Å². The summed E-state index contributed by atoms with van der Waals surface area (Å²) in [5.41, 5.74) is 2.08. The Morgan fingerprint density at radius 3 is 2.81 bits per heavy atom. The molecule has 2 heterocycles. The maximum absolute atomic E-state index is 11.9. The van der Waals surface area contributed by atoms with Crippen LogP contribution in [0.1, 0.15) is 6.92 Å². The van der Waals surface area contributed by atoms with Crippen molar-refractivity contribution in [2.45, 2.75) is 11.9 Å². The molecule has 3 rings (SSSR count). The van der Waals surface area contributed by atoms with Crippen LogP contribution in [0.3, 0.4) is 0 Å². The van der Waals surface area contributed by atoms with Gasteiger partial charge >= 0.3 is 5.97 Å². The fraction of sp³-hybridized carbons (Fsp3) is 0.278. The van der Waals surface area contributed by atoms with E-state index in [1.54, 1.807) is 11.3 Å². The molecule has 0 aliphatic carbocycles. The Labute approximate surface area is 164 Å². The van der Waals surface area contributed by atoms with E-state index in [1.807, 2.05) is 36.6 Å². The molecule has 5 nitrogen and oxygen atoms in total. The molecule has 0 saturated heterocycles. The van der Waals surface area contributed by atoms with Gasteiger partial charge in [-0.25, -0.2) is 9.97 Å². The van der Waals surface area contributed by atoms with E-state index >= 15 is 0 Å². The Balaban J connectivity index is 1.75. The predicted molar refractivity (Wildman–Crippen MR) is 106 cm³/mol. The van der Waals surface area contributed by atoms with Crippen LogP contribution in [0.5, 0.6) is 0 Å². The Bertz CT molecular complexity index is 884. The molecule has 26 heavy (non-hydrogen) atoms. The Hall–Kier alpha value is -1.67. The van der Waals surface area contributed by atoms with Crippen molar-refractivity contribution < 1.29 is 14.3 Å². The lowest BCUT2D eigenvalue weighted by atomic mass is 10.1. The van der Waals surface area contributed by atoms with Gasteiger partial charge in [-0.3, -0.25) is 4.79 Å². The lowest BCUT2D eigenvalue weighted by molar-refractivity contribution is -0.141. The van der Waals surface area contributed by atoms with E-state index in [0.717, 1.165) is 26.4 Å². The van der Waals surface area contributed by atoms with Crippen LogP contribution in [0.15, 0.2) is 41.0 Å². The average molecular weight is 409 g/mol. The lowest BCUT2D eigenvalue weighted by Gasteiger charge is -2.06. The number of hydrogen-bond acceptors (Lipinski definition) is 7. The highest BCUT2D eigenvalue weighted by molar-refractivity contribution is 8.00. The van der Waals surface area contributed by atoms with Gasteiger partial charge in [0.2, 0.25) is 0 Å². The van der Waals surface area contributed by atoms with Gasteiger partial charge in [-0.05, 0) is 24.6 Å². The molecular formula is C18H17ClN2O3S2. The molecule has 0 unspecified atom stereocenters. The third kappa shape index (κ3) is 4.73. The number of thioether (sulfide) groups is 1. The quantitative estimate of drug-likeness (QED) is 0.233. The molecule has 0 fully saturated rings. The van der Waals surface area contributed by atoms with E-state index < -0.39 is 0 Å². The van der Waals surface area contributed by atoms with E-state index in [-0.39, 0.29) is 18.3 Å². The summed E-state index contributed by atoms with van der Waals surface area (Å²) in [5.74, 6) is -0.0986. The van der Waals surface area contributed by atoms with Crippen molar-refractivity contribution in [3.63, 3.8) is 0 Å². The molecular weight excluding hydrogens is 392 g/mol. The van der Waals surface area contributed by atoms with Crippen molar-refractivity contribution >= 4 is 50.9 Å². The van der Waals surface area contributed by atoms with Crippen LogP contribution in [0.4, 0.5) is 0 Å². The number of halogens is 1. The topological polar surface area (TPSA) is 61.3 Å². The fourth-order valence-corrected chi connectivity index (χ4v) is 4.24. The van der Waals surface area contributed by atoms with Crippen LogP contribution < -0.4 is 0 Å². The summed E-state index contributed by atoms with van der Waals surface area (Å²) in [4.78, 5) is 21.5. The van der Waals surface area contributed by atoms with Crippen molar-refractivity contribution in [2.24, 2.45) is 0 Å². The molecule has 0 bridgehead atoms. The summed E-state index contributed by atoms with van der Waals surface area (Å²) in [7, 11) is 0. The Morgan fingerprint density at radius 1 is 1.23 bits per heavy atom. The van der Waals surface area contributed by atoms with Gasteiger partial charge in [-0.2, -0.15) is 0 Å². The Morgan fingerprint density at radius 2 is 2.04 bits per heavy atom. The highest BCUT2D eigenvalue weighted by Gasteiger charge is 2.15. The minimum Gasteiger partial charge on any atom is -0.463 e. The van der Waals surface area contributed by atoms with Gasteiger partial charge in [0.05, 0.1) is 17.7 Å². The van der Waals surface area contributed by atoms with Crippen LogP contribution in [-0.4, -0.2) is 41.5 Å². The van der Waals surface area contributed by atoms with Crippen molar-refractivity contribution in [1.29, 1.82) is 0 Å². The highest BCUT2D eigenvalue weighted by atomic mass is 35.5.